The normalized spacial score (nSPS) is 20.7. The predicted octanol–water partition coefficient (Wildman–Crippen LogP) is 3.08. The van der Waals surface area contributed by atoms with Crippen molar-refractivity contribution in [3.05, 3.63) is 35.4 Å². The van der Waals surface area contributed by atoms with Gasteiger partial charge in [-0.05, 0) is 57.7 Å². The summed E-state index contributed by atoms with van der Waals surface area (Å²) in [5.41, 5.74) is -1.06. The molecule has 0 radical (unpaired) electrons. The highest BCUT2D eigenvalue weighted by Gasteiger charge is 2.53. The van der Waals surface area contributed by atoms with E-state index in [0.717, 1.165) is 4.90 Å². The standard InChI is InChI=1S/C21H27N3O4/c1-13(2)11-16(17(25)28-20(3,4)5)24-18(26)21(6,23-19(24)27)15-9-7-14(12-22)8-10-15/h7-10,13,16H,11H2,1-6H3,(H,23,27). The largest absolute Gasteiger partial charge is 0.458 e. The molecule has 1 aliphatic rings. The minimum atomic E-state index is -1.32. The van der Waals surface area contributed by atoms with E-state index in [1.165, 1.54) is 0 Å². The zero-order chi connectivity index (χ0) is 21.3. The van der Waals surface area contributed by atoms with Crippen molar-refractivity contribution in [2.75, 3.05) is 0 Å². The molecule has 1 aromatic carbocycles. The molecule has 0 saturated carbocycles. The molecule has 7 nitrogen and oxygen atoms in total. The molecule has 1 aromatic rings. The zero-order valence-corrected chi connectivity index (χ0v) is 17.2. The van der Waals surface area contributed by atoms with Gasteiger partial charge in [-0.25, -0.2) is 14.5 Å². The van der Waals surface area contributed by atoms with Crippen LogP contribution < -0.4 is 5.32 Å². The van der Waals surface area contributed by atoms with Crippen LogP contribution in [0.15, 0.2) is 24.3 Å². The fourth-order valence-corrected chi connectivity index (χ4v) is 3.14. The SMILES string of the molecule is CC(C)CC(C(=O)OC(C)(C)C)N1C(=O)NC(C)(c2ccc(C#N)cc2)C1=O. The lowest BCUT2D eigenvalue weighted by molar-refractivity contribution is -0.163. The van der Waals surface area contributed by atoms with E-state index in [4.69, 9.17) is 10.00 Å². The second kappa shape index (κ2) is 7.63. The summed E-state index contributed by atoms with van der Waals surface area (Å²) in [6.07, 6.45) is 0.303. The lowest BCUT2D eigenvalue weighted by atomic mass is 9.90. The Bertz CT molecular complexity index is 818. The van der Waals surface area contributed by atoms with Gasteiger partial charge in [-0.15, -0.1) is 0 Å². The van der Waals surface area contributed by atoms with Gasteiger partial charge >= 0.3 is 12.0 Å². The average molecular weight is 385 g/mol. The van der Waals surface area contributed by atoms with Crippen molar-refractivity contribution in [1.82, 2.24) is 10.2 Å². The number of imide groups is 1. The van der Waals surface area contributed by atoms with Crippen LogP contribution in [0.2, 0.25) is 0 Å². The number of rotatable bonds is 5. The summed E-state index contributed by atoms with van der Waals surface area (Å²) < 4.78 is 5.47. The zero-order valence-electron chi connectivity index (χ0n) is 17.2. The van der Waals surface area contributed by atoms with E-state index < -0.39 is 35.1 Å². The van der Waals surface area contributed by atoms with Gasteiger partial charge in [0.25, 0.3) is 5.91 Å². The van der Waals surface area contributed by atoms with Crippen molar-refractivity contribution in [3.8, 4) is 6.07 Å². The molecule has 0 aromatic heterocycles. The first-order valence-corrected chi connectivity index (χ1v) is 9.28. The monoisotopic (exact) mass is 385 g/mol. The minimum Gasteiger partial charge on any atom is -0.458 e. The number of benzene rings is 1. The molecule has 1 saturated heterocycles. The topological polar surface area (TPSA) is 99.5 Å². The molecule has 2 unspecified atom stereocenters. The first-order valence-electron chi connectivity index (χ1n) is 9.28. The molecule has 1 heterocycles. The number of carbonyl (C=O) groups is 3. The van der Waals surface area contributed by atoms with Crippen LogP contribution in [0.5, 0.6) is 0 Å². The molecule has 150 valence electrons. The van der Waals surface area contributed by atoms with Gasteiger partial charge in [0.1, 0.15) is 17.2 Å². The molecule has 2 atom stereocenters. The van der Waals surface area contributed by atoms with Crippen LogP contribution in [-0.4, -0.2) is 34.5 Å². The number of nitriles is 1. The van der Waals surface area contributed by atoms with Gasteiger partial charge in [0.05, 0.1) is 11.6 Å². The molecule has 0 bridgehead atoms. The molecule has 2 rings (SSSR count). The molecule has 0 aliphatic carbocycles. The molecule has 28 heavy (non-hydrogen) atoms. The molecular formula is C21H27N3O4. The van der Waals surface area contributed by atoms with E-state index in [-0.39, 0.29) is 5.92 Å². The maximum absolute atomic E-state index is 13.3. The minimum absolute atomic E-state index is 0.0693. The number of hydrogen-bond acceptors (Lipinski definition) is 5. The van der Waals surface area contributed by atoms with Gasteiger partial charge in [-0.2, -0.15) is 5.26 Å². The van der Waals surface area contributed by atoms with Crippen LogP contribution in [0.1, 0.15) is 59.1 Å². The molecule has 1 N–H and O–H groups in total. The van der Waals surface area contributed by atoms with E-state index in [9.17, 15) is 14.4 Å². The quantitative estimate of drug-likeness (QED) is 0.620. The average Bonchev–Trinajstić information content (AvgIpc) is 2.81. The summed E-state index contributed by atoms with van der Waals surface area (Å²) in [5.74, 6) is -1.05. The Kier molecular flexibility index (Phi) is 5.83. The second-order valence-electron chi connectivity index (χ2n) is 8.60. The summed E-state index contributed by atoms with van der Waals surface area (Å²) in [6.45, 7) is 10.6. The van der Waals surface area contributed by atoms with E-state index >= 15 is 0 Å². The van der Waals surface area contributed by atoms with Gasteiger partial charge in [0, 0.05) is 0 Å². The summed E-state index contributed by atoms with van der Waals surface area (Å²) in [7, 11) is 0. The lowest BCUT2D eigenvalue weighted by Gasteiger charge is -2.30. The Labute approximate surface area is 165 Å². The number of amides is 3. The Morgan fingerprint density at radius 2 is 1.82 bits per heavy atom. The van der Waals surface area contributed by atoms with Gasteiger partial charge < -0.3 is 10.1 Å². The molecule has 3 amide bonds. The van der Waals surface area contributed by atoms with Crippen molar-refractivity contribution in [3.63, 3.8) is 0 Å². The van der Waals surface area contributed by atoms with Crippen molar-refractivity contribution < 1.29 is 19.1 Å². The highest BCUT2D eigenvalue weighted by Crippen LogP contribution is 2.32. The second-order valence-corrected chi connectivity index (χ2v) is 8.60. The molecule has 1 fully saturated rings. The van der Waals surface area contributed by atoms with Gasteiger partial charge in [-0.3, -0.25) is 4.79 Å². The maximum Gasteiger partial charge on any atom is 0.329 e. The van der Waals surface area contributed by atoms with Gasteiger partial charge in [-0.1, -0.05) is 26.0 Å². The fourth-order valence-electron chi connectivity index (χ4n) is 3.14. The first kappa shape index (κ1) is 21.4. The molecule has 1 aliphatic heterocycles. The Morgan fingerprint density at radius 3 is 2.29 bits per heavy atom. The highest BCUT2D eigenvalue weighted by molar-refractivity contribution is 6.09. The number of esters is 1. The summed E-state index contributed by atoms with van der Waals surface area (Å²) in [5, 5.41) is 11.7. The third kappa shape index (κ3) is 4.33. The van der Waals surface area contributed by atoms with E-state index in [0.29, 0.717) is 17.5 Å². The van der Waals surface area contributed by atoms with Crippen molar-refractivity contribution in [1.29, 1.82) is 5.26 Å². The van der Waals surface area contributed by atoms with E-state index in [1.807, 2.05) is 19.9 Å². The van der Waals surface area contributed by atoms with Crippen LogP contribution in [0.3, 0.4) is 0 Å². The van der Waals surface area contributed by atoms with Gasteiger partial charge in [0.2, 0.25) is 0 Å². The first-order chi connectivity index (χ1) is 12.9. The smallest absolute Gasteiger partial charge is 0.329 e. The van der Waals surface area contributed by atoms with Crippen LogP contribution in [0.4, 0.5) is 4.79 Å². The summed E-state index contributed by atoms with van der Waals surface area (Å²) in [6, 6.07) is 6.81. The number of hydrogen-bond donors (Lipinski definition) is 1. The number of urea groups is 1. The lowest BCUT2D eigenvalue weighted by Crippen LogP contribution is -2.49. The molecule has 0 spiro atoms. The van der Waals surface area contributed by atoms with Crippen LogP contribution in [0, 0.1) is 17.2 Å². The predicted molar refractivity (Wildman–Crippen MR) is 103 cm³/mol. The van der Waals surface area contributed by atoms with Crippen LogP contribution >= 0.6 is 0 Å². The van der Waals surface area contributed by atoms with Crippen LogP contribution in [0.25, 0.3) is 0 Å². The van der Waals surface area contributed by atoms with Gasteiger partial charge in [0.15, 0.2) is 0 Å². The molecular weight excluding hydrogens is 358 g/mol. The highest BCUT2D eigenvalue weighted by atomic mass is 16.6. The van der Waals surface area contributed by atoms with Crippen molar-refractivity contribution in [2.45, 2.75) is 65.1 Å². The van der Waals surface area contributed by atoms with E-state index in [1.54, 1.807) is 52.0 Å². The third-order valence-electron chi connectivity index (χ3n) is 4.50. The van der Waals surface area contributed by atoms with Crippen molar-refractivity contribution >= 4 is 17.9 Å². The number of nitrogens with one attached hydrogen (secondary N) is 1. The summed E-state index contributed by atoms with van der Waals surface area (Å²) >= 11 is 0. The van der Waals surface area contributed by atoms with Crippen molar-refractivity contribution in [2.24, 2.45) is 5.92 Å². The fraction of sp³-hybridized carbons (Fsp3) is 0.524. The summed E-state index contributed by atoms with van der Waals surface area (Å²) in [4.78, 5) is 39.7. The third-order valence-corrected chi connectivity index (χ3v) is 4.50. The maximum atomic E-state index is 13.3. The Balaban J connectivity index is 2.39. The Hall–Kier alpha value is -2.88. The number of nitrogens with zero attached hydrogens (tertiary/aromatic N) is 2. The van der Waals surface area contributed by atoms with E-state index in [2.05, 4.69) is 5.32 Å². The Morgan fingerprint density at radius 1 is 1.25 bits per heavy atom. The molecule has 7 heteroatoms. The number of ether oxygens (including phenoxy) is 1. The number of carbonyl (C=O) groups excluding carboxylic acids is 3. The van der Waals surface area contributed by atoms with Crippen LogP contribution in [-0.2, 0) is 19.9 Å².